The molecule has 0 radical (unpaired) electrons. The minimum absolute atomic E-state index is 0.0327. The number of benzene rings is 2. The lowest BCUT2D eigenvalue weighted by molar-refractivity contribution is -0.872. The van der Waals surface area contributed by atoms with Crippen molar-refractivity contribution in [2.75, 3.05) is 14.1 Å². The molecule has 0 saturated heterocycles. The third-order valence-electron chi connectivity index (χ3n) is 4.64. The predicted octanol–water partition coefficient (Wildman–Crippen LogP) is 4.08. The highest BCUT2D eigenvalue weighted by Gasteiger charge is 2.41. The van der Waals surface area contributed by atoms with Gasteiger partial charge in [-0.25, -0.2) is 0 Å². The van der Waals surface area contributed by atoms with Crippen molar-refractivity contribution in [3.8, 4) is 17.2 Å². The van der Waals surface area contributed by atoms with Crippen molar-refractivity contribution in [1.29, 1.82) is 0 Å². The van der Waals surface area contributed by atoms with Gasteiger partial charge in [0.05, 0.1) is 25.0 Å². The highest BCUT2D eigenvalue weighted by atomic mass is 19.4. The Morgan fingerprint density at radius 3 is 2.40 bits per heavy atom. The van der Waals surface area contributed by atoms with Gasteiger partial charge in [-0.05, 0) is 29.7 Å². The highest BCUT2D eigenvalue weighted by molar-refractivity contribution is 5.83. The molecule has 2 N–H and O–H groups in total. The molecule has 0 bridgehead atoms. The largest absolute Gasteiger partial charge is 0.507 e. The molecule has 0 unspecified atom stereocenters. The summed E-state index contributed by atoms with van der Waals surface area (Å²) in [6, 6.07) is 9.12. The van der Waals surface area contributed by atoms with Crippen LogP contribution in [0.2, 0.25) is 0 Å². The summed E-state index contributed by atoms with van der Waals surface area (Å²) in [7, 11) is 3.53. The number of halogens is 3. The van der Waals surface area contributed by atoms with Crippen LogP contribution in [0.3, 0.4) is 0 Å². The smallest absolute Gasteiger partial charge is 0.453 e. The zero-order valence-electron chi connectivity index (χ0n) is 17.1. The van der Waals surface area contributed by atoms with Gasteiger partial charge < -0.3 is 19.2 Å². The molecule has 8 heteroatoms. The second kappa shape index (κ2) is 8.02. The molecule has 0 aliphatic heterocycles. The lowest BCUT2D eigenvalue weighted by atomic mass is 10.0. The lowest BCUT2D eigenvalue weighted by Crippen LogP contribution is -3.04. The zero-order chi connectivity index (χ0) is 22.2. The Morgan fingerprint density at radius 2 is 1.80 bits per heavy atom. The maximum Gasteiger partial charge on any atom is 0.453 e. The van der Waals surface area contributed by atoms with Crippen LogP contribution in [0.4, 0.5) is 13.2 Å². The zero-order valence-corrected chi connectivity index (χ0v) is 17.1. The quantitative estimate of drug-likeness (QED) is 0.651. The summed E-state index contributed by atoms with van der Waals surface area (Å²) < 4.78 is 52.2. The van der Waals surface area contributed by atoms with Gasteiger partial charge in [0.25, 0.3) is 5.76 Å². The van der Waals surface area contributed by atoms with E-state index in [0.29, 0.717) is 5.56 Å². The van der Waals surface area contributed by atoms with Gasteiger partial charge in [0.1, 0.15) is 18.0 Å². The van der Waals surface area contributed by atoms with E-state index < -0.39 is 23.1 Å². The first-order chi connectivity index (χ1) is 14.0. The average Bonchev–Trinajstić information content (AvgIpc) is 2.65. The number of phenolic OH excluding ortho intramolecular Hbond substituents is 1. The number of quaternary nitrogens is 1. The van der Waals surface area contributed by atoms with Crippen LogP contribution in [0.5, 0.6) is 17.2 Å². The Morgan fingerprint density at radius 1 is 1.13 bits per heavy atom. The first-order valence-corrected chi connectivity index (χ1v) is 9.45. The molecule has 1 heterocycles. The molecule has 3 rings (SSSR count). The Kier molecular flexibility index (Phi) is 5.81. The first-order valence-electron chi connectivity index (χ1n) is 9.45. The molecule has 0 fully saturated rings. The van der Waals surface area contributed by atoms with Crippen molar-refractivity contribution in [3.05, 3.63) is 63.5 Å². The van der Waals surface area contributed by atoms with Gasteiger partial charge in [0.15, 0.2) is 5.58 Å². The molecule has 30 heavy (non-hydrogen) atoms. The molecule has 2 aromatic carbocycles. The van der Waals surface area contributed by atoms with Crippen LogP contribution in [0.25, 0.3) is 11.0 Å². The van der Waals surface area contributed by atoms with Crippen LogP contribution in [0.15, 0.2) is 45.6 Å². The van der Waals surface area contributed by atoms with Crippen LogP contribution in [0.1, 0.15) is 36.7 Å². The molecule has 0 atom stereocenters. The maximum atomic E-state index is 13.8. The Hall–Kier alpha value is -3.00. The molecule has 0 aliphatic carbocycles. The van der Waals surface area contributed by atoms with Gasteiger partial charge in [-0.15, -0.1) is 0 Å². The van der Waals surface area contributed by atoms with E-state index in [-0.39, 0.29) is 40.5 Å². The van der Waals surface area contributed by atoms with Crippen LogP contribution < -0.4 is 15.1 Å². The maximum absolute atomic E-state index is 13.8. The van der Waals surface area contributed by atoms with Crippen molar-refractivity contribution >= 4 is 11.0 Å². The van der Waals surface area contributed by atoms with Crippen LogP contribution in [0, 0.1) is 0 Å². The predicted molar refractivity (Wildman–Crippen MR) is 106 cm³/mol. The number of ether oxygens (including phenoxy) is 1. The van der Waals surface area contributed by atoms with Gasteiger partial charge in [-0.2, -0.15) is 13.2 Å². The number of para-hydroxylation sites is 1. The van der Waals surface area contributed by atoms with Crippen LogP contribution in [-0.2, 0) is 12.7 Å². The van der Waals surface area contributed by atoms with Crippen molar-refractivity contribution in [2.24, 2.45) is 0 Å². The monoisotopic (exact) mass is 422 g/mol. The summed E-state index contributed by atoms with van der Waals surface area (Å²) in [5.41, 5.74) is -0.452. The average molecular weight is 422 g/mol. The molecular weight excluding hydrogens is 399 g/mol. The van der Waals surface area contributed by atoms with Crippen molar-refractivity contribution in [3.63, 3.8) is 0 Å². The summed E-state index contributed by atoms with van der Waals surface area (Å²) in [6.45, 7) is 3.91. The topological polar surface area (TPSA) is 64.1 Å². The molecule has 0 aliphatic rings. The third kappa shape index (κ3) is 4.14. The van der Waals surface area contributed by atoms with E-state index in [4.69, 9.17) is 9.15 Å². The fourth-order valence-corrected chi connectivity index (χ4v) is 3.25. The fourth-order valence-electron chi connectivity index (χ4n) is 3.25. The minimum atomic E-state index is -4.97. The lowest BCUT2D eigenvalue weighted by Gasteiger charge is -2.17. The normalized spacial score (nSPS) is 12.2. The number of nitrogens with one attached hydrogen (secondary N) is 1. The number of fused-ring (bicyclic) bond motifs is 1. The van der Waals surface area contributed by atoms with Crippen molar-refractivity contribution in [2.45, 2.75) is 32.5 Å². The van der Waals surface area contributed by atoms with E-state index in [0.717, 1.165) is 4.90 Å². The molecule has 0 saturated carbocycles. The summed E-state index contributed by atoms with van der Waals surface area (Å²) in [6.07, 6.45) is -4.97. The second-order valence-electron chi connectivity index (χ2n) is 7.71. The van der Waals surface area contributed by atoms with Gasteiger partial charge in [-0.1, -0.05) is 32.0 Å². The van der Waals surface area contributed by atoms with E-state index in [9.17, 15) is 23.1 Å². The van der Waals surface area contributed by atoms with Crippen molar-refractivity contribution < 1.29 is 32.3 Å². The van der Waals surface area contributed by atoms with E-state index in [1.54, 1.807) is 32.3 Å². The van der Waals surface area contributed by atoms with Crippen molar-refractivity contribution in [1.82, 2.24) is 0 Å². The van der Waals surface area contributed by atoms with Gasteiger partial charge in [0, 0.05) is 0 Å². The molecule has 0 amide bonds. The molecule has 160 valence electrons. The summed E-state index contributed by atoms with van der Waals surface area (Å²) >= 11 is 0. The van der Waals surface area contributed by atoms with Crippen LogP contribution in [-0.4, -0.2) is 19.2 Å². The Labute approximate surface area is 171 Å². The number of hydrogen-bond acceptors (Lipinski definition) is 4. The number of aromatic hydroxyl groups is 1. The van der Waals surface area contributed by atoms with E-state index in [1.807, 2.05) is 13.8 Å². The molecule has 3 aromatic rings. The molecule has 5 nitrogen and oxygen atoms in total. The summed E-state index contributed by atoms with van der Waals surface area (Å²) in [5, 5.41) is 10.1. The number of alkyl halides is 3. The van der Waals surface area contributed by atoms with E-state index >= 15 is 0 Å². The van der Waals surface area contributed by atoms with Gasteiger partial charge in [-0.3, -0.25) is 4.79 Å². The molecule has 1 aromatic heterocycles. The van der Waals surface area contributed by atoms with Crippen LogP contribution >= 0.6 is 0 Å². The second-order valence-corrected chi connectivity index (χ2v) is 7.71. The number of hydrogen-bond donors (Lipinski definition) is 2. The van der Waals surface area contributed by atoms with Gasteiger partial charge >= 0.3 is 6.18 Å². The van der Waals surface area contributed by atoms with E-state index in [1.165, 1.54) is 18.2 Å². The molecule has 0 spiro atoms. The van der Waals surface area contributed by atoms with E-state index in [2.05, 4.69) is 0 Å². The highest BCUT2D eigenvalue weighted by Crippen LogP contribution is 2.40. The van der Waals surface area contributed by atoms with Gasteiger partial charge in [0.2, 0.25) is 11.2 Å². The number of rotatable bonds is 5. The first kappa shape index (κ1) is 21.7. The third-order valence-corrected chi connectivity index (χ3v) is 4.64. The minimum Gasteiger partial charge on any atom is -0.507 e. The SMILES string of the molecule is CC(C)c1ccccc1Oc1c(C(F)(F)F)oc2c(C[NH+](C)C)c(O)ccc2c1=O. The summed E-state index contributed by atoms with van der Waals surface area (Å²) in [4.78, 5) is 13.9. The summed E-state index contributed by atoms with van der Waals surface area (Å²) in [5.74, 6) is -2.56. The fraction of sp³-hybridized carbons (Fsp3) is 0.318. The molecular formula is C22H23F3NO4+. The number of phenols is 1. The standard InChI is InChI=1S/C22H22F3NO4/c1-12(2)13-7-5-6-8-17(13)29-20-18(28)14-9-10-16(27)15(11-26(3)4)19(14)30-21(20)22(23,24)25/h5-10,12,27H,11H2,1-4H3/p+1. The Bertz CT molecular complexity index is 1130. The Balaban J connectivity index is 2.31.